The Kier molecular flexibility index (Phi) is 2.53. The van der Waals surface area contributed by atoms with Crippen molar-refractivity contribution in [2.24, 2.45) is 5.92 Å². The molecular formula is C9H17NO. The Bertz CT molecular complexity index is 154. The quantitative estimate of drug-likeness (QED) is 0.564. The Morgan fingerprint density at radius 1 is 1.55 bits per heavy atom. The van der Waals surface area contributed by atoms with Gasteiger partial charge in [-0.15, -0.1) is 0 Å². The first-order chi connectivity index (χ1) is 5.11. The predicted molar refractivity (Wildman–Crippen MR) is 45.2 cm³/mol. The lowest BCUT2D eigenvalue weighted by atomic mass is 9.99. The van der Waals surface area contributed by atoms with E-state index in [-0.39, 0.29) is 0 Å². The fourth-order valence-corrected chi connectivity index (χ4v) is 1.54. The van der Waals surface area contributed by atoms with Crippen LogP contribution < -0.4 is 0 Å². The fourth-order valence-electron chi connectivity index (χ4n) is 1.54. The number of carbonyl (C=O) groups is 1. The average molecular weight is 155 g/mol. The Hall–Kier alpha value is -0.530. The molecule has 1 aliphatic heterocycles. The first-order valence-electron chi connectivity index (χ1n) is 4.40. The lowest BCUT2D eigenvalue weighted by Gasteiger charge is -2.33. The minimum Gasteiger partial charge on any atom is -0.340 e. The fraction of sp³-hybridized carbons (Fsp3) is 0.889. The maximum Gasteiger partial charge on any atom is 0.222 e. The Labute approximate surface area is 68.6 Å². The summed E-state index contributed by atoms with van der Waals surface area (Å²) >= 11 is 0. The third-order valence-electron chi connectivity index (χ3n) is 2.30. The largest absolute Gasteiger partial charge is 0.340 e. The summed E-state index contributed by atoms with van der Waals surface area (Å²) in [5, 5.41) is 0. The van der Waals surface area contributed by atoms with Crippen LogP contribution in [0, 0.1) is 5.92 Å². The van der Waals surface area contributed by atoms with Crippen LogP contribution in [0.1, 0.15) is 33.6 Å². The van der Waals surface area contributed by atoms with Crippen molar-refractivity contribution in [3.63, 3.8) is 0 Å². The topological polar surface area (TPSA) is 20.3 Å². The third-order valence-corrected chi connectivity index (χ3v) is 2.30. The molecule has 1 rings (SSSR count). The van der Waals surface area contributed by atoms with Crippen molar-refractivity contribution in [2.45, 2.75) is 39.7 Å². The molecule has 0 saturated carbocycles. The third kappa shape index (κ3) is 1.95. The van der Waals surface area contributed by atoms with Gasteiger partial charge in [0, 0.05) is 19.0 Å². The highest BCUT2D eigenvalue weighted by Crippen LogP contribution is 2.18. The lowest BCUT2D eigenvalue weighted by molar-refractivity contribution is -0.136. The van der Waals surface area contributed by atoms with Gasteiger partial charge >= 0.3 is 0 Å². The number of hydrogen-bond acceptors (Lipinski definition) is 1. The molecule has 11 heavy (non-hydrogen) atoms. The van der Waals surface area contributed by atoms with Crippen molar-refractivity contribution in [2.75, 3.05) is 6.54 Å². The second kappa shape index (κ2) is 3.24. The number of likely N-dealkylation sites (tertiary alicyclic amines) is 1. The van der Waals surface area contributed by atoms with Gasteiger partial charge in [-0.25, -0.2) is 0 Å². The molecule has 1 fully saturated rings. The van der Waals surface area contributed by atoms with Gasteiger partial charge in [-0.3, -0.25) is 4.79 Å². The van der Waals surface area contributed by atoms with Crippen molar-refractivity contribution in [3.05, 3.63) is 0 Å². The summed E-state index contributed by atoms with van der Waals surface area (Å²) in [4.78, 5) is 13.3. The van der Waals surface area contributed by atoms with Crippen LogP contribution in [-0.2, 0) is 4.79 Å². The monoisotopic (exact) mass is 155 g/mol. The van der Waals surface area contributed by atoms with Crippen molar-refractivity contribution in [1.29, 1.82) is 0 Å². The summed E-state index contributed by atoms with van der Waals surface area (Å²) in [6, 6.07) is 0.380. The van der Waals surface area contributed by atoms with Gasteiger partial charge in [0.1, 0.15) is 0 Å². The highest BCUT2D eigenvalue weighted by Gasteiger charge is 2.24. The molecule has 0 aromatic carbocycles. The normalized spacial score (nSPS) is 26.4. The molecule has 1 heterocycles. The highest BCUT2D eigenvalue weighted by atomic mass is 16.2. The molecule has 1 aliphatic rings. The van der Waals surface area contributed by atoms with Crippen LogP contribution in [0.5, 0.6) is 0 Å². The molecule has 0 bridgehead atoms. The molecule has 0 aromatic heterocycles. The zero-order chi connectivity index (χ0) is 8.43. The first-order valence-corrected chi connectivity index (χ1v) is 4.40. The van der Waals surface area contributed by atoms with Gasteiger partial charge in [-0.1, -0.05) is 6.92 Å². The molecule has 0 N–H and O–H groups in total. The van der Waals surface area contributed by atoms with E-state index in [2.05, 4.69) is 20.8 Å². The van der Waals surface area contributed by atoms with Crippen molar-refractivity contribution in [1.82, 2.24) is 4.90 Å². The van der Waals surface area contributed by atoms with Gasteiger partial charge in [-0.05, 0) is 26.2 Å². The van der Waals surface area contributed by atoms with Gasteiger partial charge in [0.05, 0.1) is 0 Å². The van der Waals surface area contributed by atoms with E-state index >= 15 is 0 Å². The minimum atomic E-state index is 0.332. The molecule has 1 amide bonds. The van der Waals surface area contributed by atoms with Crippen LogP contribution >= 0.6 is 0 Å². The number of carbonyl (C=O) groups excluding carboxylic acids is 1. The molecule has 0 spiro atoms. The number of nitrogens with zero attached hydrogens (tertiary/aromatic N) is 1. The van der Waals surface area contributed by atoms with Crippen LogP contribution in [0.2, 0.25) is 0 Å². The van der Waals surface area contributed by atoms with E-state index in [1.54, 1.807) is 0 Å². The number of amides is 1. The van der Waals surface area contributed by atoms with Gasteiger partial charge < -0.3 is 4.90 Å². The van der Waals surface area contributed by atoms with E-state index in [1.165, 1.54) is 0 Å². The van der Waals surface area contributed by atoms with E-state index < -0.39 is 0 Å². The minimum absolute atomic E-state index is 0.332. The summed E-state index contributed by atoms with van der Waals surface area (Å²) in [6.07, 6.45) is 1.82. The Morgan fingerprint density at radius 2 is 2.18 bits per heavy atom. The van der Waals surface area contributed by atoms with Crippen LogP contribution in [0.3, 0.4) is 0 Å². The zero-order valence-electron chi connectivity index (χ0n) is 7.63. The standard InChI is InChI=1S/C9H17NO/c1-7(2)10-6-8(3)4-5-9(10)11/h7-8H,4-6H2,1-3H3. The molecule has 2 nitrogen and oxygen atoms in total. The molecule has 2 heteroatoms. The summed E-state index contributed by atoms with van der Waals surface area (Å²) in [5.74, 6) is 1.02. The lowest BCUT2D eigenvalue weighted by Crippen LogP contribution is -2.43. The number of hydrogen-bond donors (Lipinski definition) is 0. The van der Waals surface area contributed by atoms with Gasteiger partial charge in [-0.2, -0.15) is 0 Å². The average Bonchev–Trinajstić information content (AvgIpc) is 1.94. The molecule has 1 saturated heterocycles. The zero-order valence-corrected chi connectivity index (χ0v) is 7.63. The summed E-state index contributed by atoms with van der Waals surface area (Å²) in [7, 11) is 0. The van der Waals surface area contributed by atoms with E-state index in [0.717, 1.165) is 19.4 Å². The summed E-state index contributed by atoms with van der Waals surface area (Å²) < 4.78 is 0. The molecule has 1 atom stereocenters. The molecule has 0 aliphatic carbocycles. The van der Waals surface area contributed by atoms with E-state index in [0.29, 0.717) is 17.9 Å². The van der Waals surface area contributed by atoms with E-state index in [1.807, 2.05) is 4.90 Å². The second-order valence-corrected chi connectivity index (χ2v) is 3.78. The summed E-state index contributed by atoms with van der Waals surface area (Å²) in [6.45, 7) is 7.32. The first kappa shape index (κ1) is 8.57. The summed E-state index contributed by atoms with van der Waals surface area (Å²) in [5.41, 5.74) is 0. The molecule has 0 radical (unpaired) electrons. The molecule has 64 valence electrons. The van der Waals surface area contributed by atoms with Gasteiger partial charge in [0.15, 0.2) is 0 Å². The Balaban J connectivity index is 2.54. The van der Waals surface area contributed by atoms with Crippen LogP contribution in [0.15, 0.2) is 0 Å². The molecule has 0 aromatic rings. The second-order valence-electron chi connectivity index (χ2n) is 3.78. The predicted octanol–water partition coefficient (Wildman–Crippen LogP) is 1.65. The SMILES string of the molecule is CC1CCC(=O)N(C(C)C)C1. The van der Waals surface area contributed by atoms with Gasteiger partial charge in [0.2, 0.25) is 5.91 Å². The van der Waals surface area contributed by atoms with Crippen LogP contribution in [0.4, 0.5) is 0 Å². The highest BCUT2D eigenvalue weighted by molar-refractivity contribution is 5.77. The smallest absolute Gasteiger partial charge is 0.222 e. The van der Waals surface area contributed by atoms with Crippen LogP contribution in [-0.4, -0.2) is 23.4 Å². The molecule has 1 unspecified atom stereocenters. The number of piperidine rings is 1. The Morgan fingerprint density at radius 3 is 2.64 bits per heavy atom. The maximum absolute atomic E-state index is 11.3. The van der Waals surface area contributed by atoms with Crippen molar-refractivity contribution in [3.8, 4) is 0 Å². The van der Waals surface area contributed by atoms with E-state index in [9.17, 15) is 4.79 Å². The van der Waals surface area contributed by atoms with Gasteiger partial charge in [0.25, 0.3) is 0 Å². The van der Waals surface area contributed by atoms with Crippen molar-refractivity contribution < 1.29 is 4.79 Å². The van der Waals surface area contributed by atoms with E-state index in [4.69, 9.17) is 0 Å². The van der Waals surface area contributed by atoms with Crippen LogP contribution in [0.25, 0.3) is 0 Å². The number of rotatable bonds is 1. The molecular weight excluding hydrogens is 138 g/mol. The van der Waals surface area contributed by atoms with Crippen molar-refractivity contribution >= 4 is 5.91 Å². The maximum atomic E-state index is 11.3.